The van der Waals surface area contributed by atoms with E-state index in [0.29, 0.717) is 29.3 Å². The van der Waals surface area contributed by atoms with Crippen LogP contribution in [-0.2, 0) is 14.8 Å². The number of aryl methyl sites for hydroxylation is 1. The molecule has 0 unspecified atom stereocenters. The Bertz CT molecular complexity index is 953. The molecule has 1 fully saturated rings. The van der Waals surface area contributed by atoms with Crippen molar-refractivity contribution < 1.29 is 17.9 Å². The molecule has 28 heavy (non-hydrogen) atoms. The number of amides is 1. The van der Waals surface area contributed by atoms with E-state index in [0.717, 1.165) is 5.56 Å². The number of nitrogens with zero attached hydrogens (tertiary/aromatic N) is 1. The number of methoxy groups -OCH3 is 1. The van der Waals surface area contributed by atoms with Crippen LogP contribution in [0.25, 0.3) is 0 Å². The van der Waals surface area contributed by atoms with Crippen LogP contribution >= 0.6 is 11.6 Å². The summed E-state index contributed by atoms with van der Waals surface area (Å²) in [6.07, 6.45) is 0.930. The Kier molecular flexibility index (Phi) is 6.27. The number of rotatable bonds is 5. The highest BCUT2D eigenvalue weighted by Crippen LogP contribution is 2.30. The lowest BCUT2D eigenvalue weighted by molar-refractivity contribution is -0.120. The van der Waals surface area contributed by atoms with Crippen LogP contribution in [0.3, 0.4) is 0 Å². The highest BCUT2D eigenvalue weighted by molar-refractivity contribution is 7.89. The zero-order valence-corrected chi connectivity index (χ0v) is 17.4. The minimum absolute atomic E-state index is 0.104. The molecule has 1 amide bonds. The SMILES string of the molecule is COc1ccc(C)cc1S(=O)(=O)N1CCC(C(=O)Nc2ccc(Cl)cc2)CC1. The number of benzene rings is 2. The zero-order chi connectivity index (χ0) is 20.3. The van der Waals surface area contributed by atoms with Gasteiger partial charge >= 0.3 is 0 Å². The smallest absolute Gasteiger partial charge is 0.246 e. The van der Waals surface area contributed by atoms with E-state index in [2.05, 4.69) is 5.32 Å². The van der Waals surface area contributed by atoms with Gasteiger partial charge in [-0.25, -0.2) is 8.42 Å². The van der Waals surface area contributed by atoms with Crippen molar-refractivity contribution in [1.82, 2.24) is 4.31 Å². The molecular weight excluding hydrogens is 400 g/mol. The monoisotopic (exact) mass is 422 g/mol. The number of anilines is 1. The summed E-state index contributed by atoms with van der Waals surface area (Å²) in [5, 5.41) is 3.46. The quantitative estimate of drug-likeness (QED) is 0.797. The number of nitrogens with one attached hydrogen (secondary N) is 1. The van der Waals surface area contributed by atoms with Crippen molar-refractivity contribution in [2.45, 2.75) is 24.7 Å². The van der Waals surface area contributed by atoms with Gasteiger partial charge in [0.1, 0.15) is 10.6 Å². The molecule has 1 aliphatic rings. The molecule has 2 aromatic rings. The molecule has 2 aromatic carbocycles. The molecule has 150 valence electrons. The summed E-state index contributed by atoms with van der Waals surface area (Å²) in [7, 11) is -2.22. The van der Waals surface area contributed by atoms with Crippen LogP contribution in [0.15, 0.2) is 47.4 Å². The minimum Gasteiger partial charge on any atom is -0.495 e. The van der Waals surface area contributed by atoms with E-state index >= 15 is 0 Å². The zero-order valence-electron chi connectivity index (χ0n) is 15.8. The molecule has 0 radical (unpaired) electrons. The third kappa shape index (κ3) is 4.48. The molecule has 1 aliphatic heterocycles. The average molecular weight is 423 g/mol. The fraction of sp³-hybridized carbons (Fsp3) is 0.350. The maximum absolute atomic E-state index is 13.1. The van der Waals surface area contributed by atoms with Gasteiger partial charge in [-0.3, -0.25) is 4.79 Å². The van der Waals surface area contributed by atoms with Crippen molar-refractivity contribution in [2.24, 2.45) is 5.92 Å². The molecule has 1 heterocycles. The normalized spacial score (nSPS) is 16.0. The maximum Gasteiger partial charge on any atom is 0.246 e. The first-order chi connectivity index (χ1) is 13.3. The lowest BCUT2D eigenvalue weighted by Gasteiger charge is -2.31. The van der Waals surface area contributed by atoms with E-state index in [1.807, 2.05) is 13.0 Å². The number of carbonyl (C=O) groups is 1. The van der Waals surface area contributed by atoms with Gasteiger partial charge in [-0.05, 0) is 61.7 Å². The largest absolute Gasteiger partial charge is 0.495 e. The van der Waals surface area contributed by atoms with Gasteiger partial charge in [0.25, 0.3) is 0 Å². The number of hydrogen-bond acceptors (Lipinski definition) is 4. The molecule has 0 spiro atoms. The van der Waals surface area contributed by atoms with Crippen molar-refractivity contribution >= 4 is 33.2 Å². The second kappa shape index (κ2) is 8.51. The highest BCUT2D eigenvalue weighted by atomic mass is 35.5. The number of sulfonamides is 1. The summed E-state index contributed by atoms with van der Waals surface area (Å²) >= 11 is 5.85. The molecule has 8 heteroatoms. The second-order valence-electron chi connectivity index (χ2n) is 6.83. The maximum atomic E-state index is 13.1. The fourth-order valence-corrected chi connectivity index (χ4v) is 5.10. The van der Waals surface area contributed by atoms with Crippen molar-refractivity contribution in [1.29, 1.82) is 0 Å². The number of ether oxygens (including phenoxy) is 1. The van der Waals surface area contributed by atoms with Crippen molar-refractivity contribution in [3.8, 4) is 5.75 Å². The number of carbonyl (C=O) groups excluding carboxylic acids is 1. The molecule has 0 aliphatic carbocycles. The summed E-state index contributed by atoms with van der Waals surface area (Å²) in [4.78, 5) is 12.7. The van der Waals surface area contributed by atoms with E-state index in [4.69, 9.17) is 16.3 Å². The molecule has 0 saturated carbocycles. The summed E-state index contributed by atoms with van der Waals surface area (Å²) < 4.78 is 32.8. The summed E-state index contributed by atoms with van der Waals surface area (Å²) in [6.45, 7) is 2.42. The first-order valence-electron chi connectivity index (χ1n) is 9.02. The Balaban J connectivity index is 1.67. The molecule has 0 bridgehead atoms. The van der Waals surface area contributed by atoms with E-state index in [1.165, 1.54) is 11.4 Å². The molecular formula is C20H23ClN2O4S. The van der Waals surface area contributed by atoms with E-state index in [-0.39, 0.29) is 29.8 Å². The van der Waals surface area contributed by atoms with Crippen LogP contribution in [0.1, 0.15) is 18.4 Å². The first-order valence-corrected chi connectivity index (χ1v) is 10.8. The van der Waals surface area contributed by atoms with Crippen LogP contribution in [-0.4, -0.2) is 38.8 Å². The predicted octanol–water partition coefficient (Wildman–Crippen LogP) is 3.70. The summed E-state index contributed by atoms with van der Waals surface area (Å²) in [5.74, 6) is -0.0118. The van der Waals surface area contributed by atoms with Crippen molar-refractivity contribution in [3.05, 3.63) is 53.1 Å². The fourth-order valence-electron chi connectivity index (χ4n) is 3.26. The predicted molar refractivity (Wildman–Crippen MR) is 109 cm³/mol. The third-order valence-electron chi connectivity index (χ3n) is 4.87. The molecule has 1 N–H and O–H groups in total. The third-order valence-corrected chi connectivity index (χ3v) is 7.05. The minimum atomic E-state index is -3.68. The first kappa shape index (κ1) is 20.6. The second-order valence-corrected chi connectivity index (χ2v) is 9.17. The Hall–Kier alpha value is -2.09. The van der Waals surface area contributed by atoms with E-state index in [1.54, 1.807) is 36.4 Å². The number of hydrogen-bond donors (Lipinski definition) is 1. The van der Waals surface area contributed by atoms with E-state index in [9.17, 15) is 13.2 Å². The van der Waals surface area contributed by atoms with Crippen molar-refractivity contribution in [3.63, 3.8) is 0 Å². The number of halogens is 1. The van der Waals surface area contributed by atoms with Crippen LogP contribution in [0.4, 0.5) is 5.69 Å². The van der Waals surface area contributed by atoms with Gasteiger partial charge in [0.05, 0.1) is 7.11 Å². The van der Waals surface area contributed by atoms with Crippen LogP contribution < -0.4 is 10.1 Å². The van der Waals surface area contributed by atoms with Crippen molar-refractivity contribution in [2.75, 3.05) is 25.5 Å². The Morgan fingerprint density at radius 1 is 1.14 bits per heavy atom. The lowest BCUT2D eigenvalue weighted by Crippen LogP contribution is -2.41. The topological polar surface area (TPSA) is 75.7 Å². The molecule has 0 aromatic heterocycles. The van der Waals surface area contributed by atoms with Gasteiger partial charge in [0.15, 0.2) is 0 Å². The Morgan fingerprint density at radius 3 is 2.39 bits per heavy atom. The Morgan fingerprint density at radius 2 is 1.79 bits per heavy atom. The Labute approximate surface area is 170 Å². The summed E-state index contributed by atoms with van der Waals surface area (Å²) in [6, 6.07) is 12.0. The summed E-state index contributed by atoms with van der Waals surface area (Å²) in [5.41, 5.74) is 1.52. The standard InChI is InChI=1S/C20H23ClN2O4S/c1-14-3-8-18(27-2)19(13-14)28(25,26)23-11-9-15(10-12-23)20(24)22-17-6-4-16(21)5-7-17/h3-8,13,15H,9-12H2,1-2H3,(H,22,24). The van der Waals surface area contributed by atoms with Crippen LogP contribution in [0.2, 0.25) is 5.02 Å². The van der Waals surface area contributed by atoms with Gasteiger partial charge in [0.2, 0.25) is 15.9 Å². The van der Waals surface area contributed by atoms with Gasteiger partial charge in [-0.2, -0.15) is 4.31 Å². The lowest BCUT2D eigenvalue weighted by atomic mass is 9.97. The van der Waals surface area contributed by atoms with Gasteiger partial charge in [-0.15, -0.1) is 0 Å². The average Bonchev–Trinajstić information content (AvgIpc) is 2.69. The van der Waals surface area contributed by atoms with Gasteiger partial charge in [0, 0.05) is 29.7 Å². The molecule has 0 atom stereocenters. The van der Waals surface area contributed by atoms with Gasteiger partial charge in [-0.1, -0.05) is 17.7 Å². The highest BCUT2D eigenvalue weighted by Gasteiger charge is 2.33. The van der Waals surface area contributed by atoms with E-state index < -0.39 is 10.0 Å². The van der Waals surface area contributed by atoms with Crippen LogP contribution in [0.5, 0.6) is 5.75 Å². The van der Waals surface area contributed by atoms with Gasteiger partial charge < -0.3 is 10.1 Å². The molecule has 1 saturated heterocycles. The molecule has 6 nitrogen and oxygen atoms in total. The molecule has 3 rings (SSSR count). The number of piperidine rings is 1. The van der Waals surface area contributed by atoms with Crippen LogP contribution in [0, 0.1) is 12.8 Å².